The molecule has 27 heavy (non-hydrogen) atoms. The van der Waals surface area contributed by atoms with Gasteiger partial charge in [0.15, 0.2) is 0 Å². The molecule has 136 valence electrons. The minimum Gasteiger partial charge on any atom is -0.322 e. The smallest absolute Gasteiger partial charge is 0.255 e. The zero-order valence-electron chi connectivity index (χ0n) is 14.8. The SMILES string of the molecule is O=C(Nc1cccc(-n2cccn2)c1)c1ccc(N2CCCCC2=O)cc1. The summed E-state index contributed by atoms with van der Waals surface area (Å²) >= 11 is 0. The fourth-order valence-corrected chi connectivity index (χ4v) is 3.22. The Morgan fingerprint density at radius 1 is 1.00 bits per heavy atom. The maximum atomic E-state index is 12.5. The van der Waals surface area contributed by atoms with Crippen LogP contribution in [0.2, 0.25) is 0 Å². The monoisotopic (exact) mass is 360 g/mol. The fraction of sp³-hybridized carbons (Fsp3) is 0.190. The number of carbonyl (C=O) groups excluding carboxylic acids is 2. The second kappa shape index (κ2) is 7.45. The molecule has 1 aliphatic heterocycles. The van der Waals surface area contributed by atoms with Crippen molar-refractivity contribution in [3.8, 4) is 5.69 Å². The standard InChI is InChI=1S/C21H20N4O2/c26-20-7-1-2-13-24(20)18-10-8-16(9-11-18)21(27)23-17-5-3-6-19(15-17)25-14-4-12-22-25/h3-6,8-12,14-15H,1-2,7,13H2,(H,23,27). The van der Waals surface area contributed by atoms with E-state index < -0.39 is 0 Å². The van der Waals surface area contributed by atoms with E-state index in [4.69, 9.17) is 0 Å². The zero-order chi connectivity index (χ0) is 18.6. The quantitative estimate of drug-likeness (QED) is 0.772. The minimum absolute atomic E-state index is 0.147. The molecule has 0 atom stereocenters. The molecule has 2 aromatic carbocycles. The topological polar surface area (TPSA) is 67.2 Å². The van der Waals surface area contributed by atoms with Crippen molar-refractivity contribution in [1.82, 2.24) is 9.78 Å². The number of carbonyl (C=O) groups is 2. The van der Waals surface area contributed by atoms with Crippen LogP contribution >= 0.6 is 0 Å². The van der Waals surface area contributed by atoms with E-state index in [1.54, 1.807) is 27.9 Å². The number of benzene rings is 2. The summed E-state index contributed by atoms with van der Waals surface area (Å²) in [7, 11) is 0. The molecule has 1 N–H and O–H groups in total. The lowest BCUT2D eigenvalue weighted by Gasteiger charge is -2.26. The Bertz CT molecular complexity index is 949. The molecule has 1 aliphatic rings. The minimum atomic E-state index is -0.191. The molecular formula is C21H20N4O2. The molecule has 1 saturated heterocycles. The van der Waals surface area contributed by atoms with Crippen LogP contribution in [0.3, 0.4) is 0 Å². The highest BCUT2D eigenvalue weighted by Crippen LogP contribution is 2.22. The summed E-state index contributed by atoms with van der Waals surface area (Å²) in [5, 5.41) is 7.10. The first-order valence-electron chi connectivity index (χ1n) is 9.02. The molecule has 2 amide bonds. The summed E-state index contributed by atoms with van der Waals surface area (Å²) in [6, 6.07) is 16.5. The van der Waals surface area contributed by atoms with Gasteiger partial charge < -0.3 is 10.2 Å². The average molecular weight is 360 g/mol. The third-order valence-electron chi connectivity index (χ3n) is 4.64. The van der Waals surface area contributed by atoms with Crippen molar-refractivity contribution < 1.29 is 9.59 Å². The van der Waals surface area contributed by atoms with E-state index >= 15 is 0 Å². The summed E-state index contributed by atoms with van der Waals surface area (Å²) in [6.45, 7) is 0.741. The van der Waals surface area contributed by atoms with Crippen LogP contribution in [0.4, 0.5) is 11.4 Å². The summed E-state index contributed by atoms with van der Waals surface area (Å²) < 4.78 is 1.74. The Hall–Kier alpha value is -3.41. The maximum Gasteiger partial charge on any atom is 0.255 e. The van der Waals surface area contributed by atoms with Crippen LogP contribution in [-0.2, 0) is 4.79 Å². The van der Waals surface area contributed by atoms with Gasteiger partial charge in [-0.25, -0.2) is 4.68 Å². The zero-order valence-corrected chi connectivity index (χ0v) is 14.8. The molecule has 0 saturated carbocycles. The van der Waals surface area contributed by atoms with Crippen molar-refractivity contribution >= 4 is 23.2 Å². The molecule has 0 bridgehead atoms. The van der Waals surface area contributed by atoms with Gasteiger partial charge in [-0.1, -0.05) is 6.07 Å². The first-order chi connectivity index (χ1) is 13.2. The maximum absolute atomic E-state index is 12.5. The molecule has 0 aliphatic carbocycles. The number of anilines is 2. The van der Waals surface area contributed by atoms with Gasteiger partial charge in [0.1, 0.15) is 0 Å². The first-order valence-corrected chi connectivity index (χ1v) is 9.02. The lowest BCUT2D eigenvalue weighted by atomic mass is 10.1. The largest absolute Gasteiger partial charge is 0.322 e. The first kappa shape index (κ1) is 17.0. The number of nitrogens with one attached hydrogen (secondary N) is 1. The number of hydrogen-bond acceptors (Lipinski definition) is 3. The van der Waals surface area contributed by atoms with Crippen LogP contribution in [0.15, 0.2) is 67.0 Å². The lowest BCUT2D eigenvalue weighted by molar-refractivity contribution is -0.119. The third kappa shape index (κ3) is 3.74. The normalized spacial score (nSPS) is 14.2. The summed E-state index contributed by atoms with van der Waals surface area (Å²) in [5.74, 6) is -0.0435. The number of piperidine rings is 1. The van der Waals surface area contributed by atoms with Crippen molar-refractivity contribution in [3.05, 3.63) is 72.6 Å². The highest BCUT2D eigenvalue weighted by molar-refractivity contribution is 6.05. The van der Waals surface area contributed by atoms with E-state index in [1.807, 2.05) is 48.7 Å². The van der Waals surface area contributed by atoms with Gasteiger partial charge in [-0.3, -0.25) is 9.59 Å². The van der Waals surface area contributed by atoms with E-state index in [2.05, 4.69) is 10.4 Å². The Morgan fingerprint density at radius 2 is 1.85 bits per heavy atom. The van der Waals surface area contributed by atoms with Gasteiger partial charge in [0.05, 0.1) is 5.69 Å². The second-order valence-electron chi connectivity index (χ2n) is 6.50. The van der Waals surface area contributed by atoms with Gasteiger partial charge >= 0.3 is 0 Å². The van der Waals surface area contributed by atoms with Crippen molar-refractivity contribution in [2.24, 2.45) is 0 Å². The van der Waals surface area contributed by atoms with Crippen LogP contribution in [0, 0.1) is 0 Å². The Morgan fingerprint density at radius 3 is 2.59 bits per heavy atom. The Labute approximate surface area is 157 Å². The molecule has 3 aromatic rings. The molecule has 6 heteroatoms. The number of amides is 2. The van der Waals surface area contributed by atoms with Gasteiger partial charge in [-0.2, -0.15) is 5.10 Å². The number of nitrogens with zero attached hydrogens (tertiary/aromatic N) is 3. The third-order valence-corrected chi connectivity index (χ3v) is 4.64. The fourth-order valence-electron chi connectivity index (χ4n) is 3.22. The molecule has 2 heterocycles. The van der Waals surface area contributed by atoms with E-state index in [0.29, 0.717) is 17.7 Å². The Kier molecular flexibility index (Phi) is 4.70. The molecule has 0 radical (unpaired) electrons. The van der Waals surface area contributed by atoms with Gasteiger partial charge in [-0.05, 0) is 61.4 Å². The van der Waals surface area contributed by atoms with Crippen molar-refractivity contribution in [3.63, 3.8) is 0 Å². The van der Waals surface area contributed by atoms with Crippen LogP contribution < -0.4 is 10.2 Å². The van der Waals surface area contributed by atoms with E-state index in [0.717, 1.165) is 30.8 Å². The van der Waals surface area contributed by atoms with Crippen molar-refractivity contribution in [2.45, 2.75) is 19.3 Å². The second-order valence-corrected chi connectivity index (χ2v) is 6.50. The molecular weight excluding hydrogens is 340 g/mol. The van der Waals surface area contributed by atoms with Crippen molar-refractivity contribution in [1.29, 1.82) is 0 Å². The molecule has 6 nitrogen and oxygen atoms in total. The predicted octanol–water partition coefficient (Wildman–Crippen LogP) is 3.64. The molecule has 1 aromatic heterocycles. The van der Waals surface area contributed by atoms with Gasteiger partial charge in [0, 0.05) is 42.3 Å². The highest BCUT2D eigenvalue weighted by atomic mass is 16.2. The summed E-state index contributed by atoms with van der Waals surface area (Å²) in [5.41, 5.74) is 2.96. The molecule has 4 rings (SSSR count). The molecule has 0 unspecified atom stereocenters. The summed E-state index contributed by atoms with van der Waals surface area (Å²) in [6.07, 6.45) is 6.12. The predicted molar refractivity (Wildman–Crippen MR) is 104 cm³/mol. The number of hydrogen-bond donors (Lipinski definition) is 1. The average Bonchev–Trinajstić information content (AvgIpc) is 3.24. The van der Waals surface area contributed by atoms with Crippen LogP contribution in [0.1, 0.15) is 29.6 Å². The molecule has 0 spiro atoms. The van der Waals surface area contributed by atoms with E-state index in [1.165, 1.54) is 0 Å². The Balaban J connectivity index is 1.47. The van der Waals surface area contributed by atoms with Crippen LogP contribution in [0.5, 0.6) is 0 Å². The highest BCUT2D eigenvalue weighted by Gasteiger charge is 2.19. The number of rotatable bonds is 4. The number of aromatic nitrogens is 2. The van der Waals surface area contributed by atoms with E-state index in [9.17, 15) is 9.59 Å². The van der Waals surface area contributed by atoms with Crippen LogP contribution in [-0.4, -0.2) is 28.1 Å². The van der Waals surface area contributed by atoms with Gasteiger partial charge in [0.25, 0.3) is 5.91 Å². The van der Waals surface area contributed by atoms with Gasteiger partial charge in [-0.15, -0.1) is 0 Å². The van der Waals surface area contributed by atoms with E-state index in [-0.39, 0.29) is 11.8 Å². The van der Waals surface area contributed by atoms with Crippen LogP contribution in [0.25, 0.3) is 5.69 Å². The van der Waals surface area contributed by atoms with Crippen molar-refractivity contribution in [2.75, 3.05) is 16.8 Å². The summed E-state index contributed by atoms with van der Waals surface area (Å²) in [4.78, 5) is 26.4. The lowest BCUT2D eigenvalue weighted by Crippen LogP contribution is -2.35. The van der Waals surface area contributed by atoms with Gasteiger partial charge in [0.2, 0.25) is 5.91 Å². The molecule has 1 fully saturated rings.